The molecule has 0 bridgehead atoms. The lowest BCUT2D eigenvalue weighted by molar-refractivity contribution is -0.149. The molecule has 1 aliphatic rings. The topological polar surface area (TPSA) is 62.4 Å². The van der Waals surface area contributed by atoms with Gasteiger partial charge in [0.1, 0.15) is 5.69 Å². The summed E-state index contributed by atoms with van der Waals surface area (Å²) in [5.74, 6) is -0.243. The summed E-state index contributed by atoms with van der Waals surface area (Å²) >= 11 is 3.44. The molecule has 0 atom stereocenters. The van der Waals surface area contributed by atoms with E-state index in [2.05, 4.69) is 20.9 Å². The number of H-pyrrole nitrogens is 1. The lowest BCUT2D eigenvalue weighted by atomic mass is 9.97. The number of likely N-dealkylation sites (tertiary alicyclic amines) is 1. The monoisotopic (exact) mass is 378 g/mol. The molecule has 1 aromatic carbocycles. The van der Waals surface area contributed by atoms with Crippen molar-refractivity contribution in [1.29, 1.82) is 0 Å². The third-order valence-corrected chi connectivity index (χ3v) is 4.71. The summed E-state index contributed by atoms with van der Waals surface area (Å²) in [7, 11) is 0. The van der Waals surface area contributed by atoms with Gasteiger partial charge in [-0.1, -0.05) is 15.9 Å². The number of piperidine rings is 1. The first-order chi connectivity index (χ1) is 11.1. The van der Waals surface area contributed by atoms with Gasteiger partial charge in [0.25, 0.3) is 5.91 Å². The minimum atomic E-state index is -0.143. The smallest absolute Gasteiger partial charge is 0.309 e. The van der Waals surface area contributed by atoms with Crippen LogP contribution in [0.15, 0.2) is 28.7 Å². The number of ether oxygens (including phenoxy) is 1. The SMILES string of the molecule is CCOC(=O)C1CCN(C(=O)c2cc3cc(Br)ccc3[nH]2)CC1. The van der Waals surface area contributed by atoms with Gasteiger partial charge in [-0.05, 0) is 44.0 Å². The Morgan fingerprint density at radius 2 is 2.04 bits per heavy atom. The number of amides is 1. The number of hydrogen-bond donors (Lipinski definition) is 1. The van der Waals surface area contributed by atoms with Crippen molar-refractivity contribution in [2.24, 2.45) is 5.92 Å². The average molecular weight is 379 g/mol. The van der Waals surface area contributed by atoms with Crippen LogP contribution in [-0.4, -0.2) is 41.5 Å². The summed E-state index contributed by atoms with van der Waals surface area (Å²) in [5, 5.41) is 1.00. The number of nitrogens with one attached hydrogen (secondary N) is 1. The third kappa shape index (κ3) is 3.42. The van der Waals surface area contributed by atoms with Gasteiger partial charge in [0.15, 0.2) is 0 Å². The highest BCUT2D eigenvalue weighted by Gasteiger charge is 2.29. The van der Waals surface area contributed by atoms with Gasteiger partial charge in [-0.25, -0.2) is 0 Å². The molecule has 0 saturated carbocycles. The highest BCUT2D eigenvalue weighted by molar-refractivity contribution is 9.10. The van der Waals surface area contributed by atoms with Crippen molar-refractivity contribution in [3.63, 3.8) is 0 Å². The van der Waals surface area contributed by atoms with E-state index in [4.69, 9.17) is 4.74 Å². The molecule has 0 unspecified atom stereocenters. The lowest BCUT2D eigenvalue weighted by Gasteiger charge is -2.30. The molecule has 0 aliphatic carbocycles. The molecule has 1 saturated heterocycles. The van der Waals surface area contributed by atoms with Crippen LogP contribution >= 0.6 is 15.9 Å². The molecule has 5 nitrogen and oxygen atoms in total. The standard InChI is InChI=1S/C17H19BrN2O3/c1-2-23-17(22)11-5-7-20(8-6-11)16(21)15-10-12-9-13(18)3-4-14(12)19-15/h3-4,9-11,19H,2,5-8H2,1H3. The van der Waals surface area contributed by atoms with Gasteiger partial charge in [-0.2, -0.15) is 0 Å². The van der Waals surface area contributed by atoms with E-state index in [0.29, 0.717) is 38.2 Å². The number of aromatic nitrogens is 1. The molecular formula is C17H19BrN2O3. The highest BCUT2D eigenvalue weighted by atomic mass is 79.9. The summed E-state index contributed by atoms with van der Waals surface area (Å²) in [5.41, 5.74) is 1.53. The fourth-order valence-corrected chi connectivity index (χ4v) is 3.35. The molecule has 2 aromatic rings. The first kappa shape index (κ1) is 16.1. The zero-order chi connectivity index (χ0) is 16.4. The maximum Gasteiger partial charge on any atom is 0.309 e. The van der Waals surface area contributed by atoms with E-state index in [1.165, 1.54) is 0 Å². The minimum absolute atomic E-state index is 0.0142. The maximum absolute atomic E-state index is 12.6. The first-order valence-corrected chi connectivity index (χ1v) is 8.62. The second kappa shape index (κ2) is 6.74. The number of aromatic amines is 1. The van der Waals surface area contributed by atoms with Crippen molar-refractivity contribution < 1.29 is 14.3 Å². The number of carbonyl (C=O) groups excluding carboxylic acids is 2. The fraction of sp³-hybridized carbons (Fsp3) is 0.412. The molecule has 1 aromatic heterocycles. The number of hydrogen-bond acceptors (Lipinski definition) is 3. The van der Waals surface area contributed by atoms with Gasteiger partial charge < -0.3 is 14.6 Å². The number of nitrogens with zero attached hydrogens (tertiary/aromatic N) is 1. The van der Waals surface area contributed by atoms with Crippen LogP contribution in [-0.2, 0) is 9.53 Å². The van der Waals surface area contributed by atoms with E-state index in [-0.39, 0.29) is 17.8 Å². The zero-order valence-electron chi connectivity index (χ0n) is 13.0. The van der Waals surface area contributed by atoms with E-state index >= 15 is 0 Å². The van der Waals surface area contributed by atoms with Crippen molar-refractivity contribution in [2.75, 3.05) is 19.7 Å². The molecule has 0 spiro atoms. The molecule has 1 fully saturated rings. The van der Waals surface area contributed by atoms with Crippen LogP contribution in [0.1, 0.15) is 30.3 Å². The fourth-order valence-electron chi connectivity index (χ4n) is 2.97. The molecule has 1 aliphatic heterocycles. The van der Waals surface area contributed by atoms with Gasteiger partial charge in [-0.3, -0.25) is 9.59 Å². The van der Waals surface area contributed by atoms with Crippen LogP contribution in [0.2, 0.25) is 0 Å². The van der Waals surface area contributed by atoms with Crippen LogP contribution in [0.4, 0.5) is 0 Å². The van der Waals surface area contributed by atoms with Crippen LogP contribution < -0.4 is 0 Å². The largest absolute Gasteiger partial charge is 0.466 e. The average Bonchev–Trinajstić information content (AvgIpc) is 2.97. The number of rotatable bonds is 3. The summed E-state index contributed by atoms with van der Waals surface area (Å²) < 4.78 is 6.04. The predicted molar refractivity (Wildman–Crippen MR) is 91.3 cm³/mol. The van der Waals surface area contributed by atoms with Gasteiger partial charge in [0.2, 0.25) is 0 Å². The number of halogens is 1. The van der Waals surface area contributed by atoms with Crippen molar-refractivity contribution >= 4 is 38.7 Å². The van der Waals surface area contributed by atoms with E-state index in [9.17, 15) is 9.59 Å². The highest BCUT2D eigenvalue weighted by Crippen LogP contribution is 2.23. The second-order valence-electron chi connectivity index (χ2n) is 5.73. The Bertz CT molecular complexity index is 733. The summed E-state index contributed by atoms with van der Waals surface area (Å²) in [6.07, 6.45) is 1.33. The van der Waals surface area contributed by atoms with Crippen LogP contribution in [0.25, 0.3) is 10.9 Å². The maximum atomic E-state index is 12.6. The van der Waals surface area contributed by atoms with Crippen molar-refractivity contribution in [3.8, 4) is 0 Å². The first-order valence-electron chi connectivity index (χ1n) is 7.82. The summed E-state index contributed by atoms with van der Waals surface area (Å²) in [4.78, 5) is 29.4. The predicted octanol–water partition coefficient (Wildman–Crippen LogP) is 3.35. The van der Waals surface area contributed by atoms with Gasteiger partial charge in [-0.15, -0.1) is 0 Å². The third-order valence-electron chi connectivity index (χ3n) is 4.22. The lowest BCUT2D eigenvalue weighted by Crippen LogP contribution is -2.40. The molecule has 6 heteroatoms. The van der Waals surface area contributed by atoms with E-state index in [1.807, 2.05) is 31.2 Å². The number of fused-ring (bicyclic) bond motifs is 1. The van der Waals surface area contributed by atoms with Crippen LogP contribution in [0.3, 0.4) is 0 Å². The molecule has 3 rings (SSSR count). The quantitative estimate of drug-likeness (QED) is 0.832. The molecule has 1 N–H and O–H groups in total. The molecule has 122 valence electrons. The Balaban J connectivity index is 1.67. The molecule has 1 amide bonds. The Kier molecular flexibility index (Phi) is 4.71. The van der Waals surface area contributed by atoms with Gasteiger partial charge in [0.05, 0.1) is 12.5 Å². The van der Waals surface area contributed by atoms with Gasteiger partial charge >= 0.3 is 5.97 Å². The molecule has 2 heterocycles. The number of esters is 1. The Morgan fingerprint density at radius 1 is 1.30 bits per heavy atom. The van der Waals surface area contributed by atoms with Crippen molar-refractivity contribution in [1.82, 2.24) is 9.88 Å². The van der Waals surface area contributed by atoms with Crippen molar-refractivity contribution in [2.45, 2.75) is 19.8 Å². The number of carbonyl (C=O) groups is 2. The minimum Gasteiger partial charge on any atom is -0.466 e. The molecular weight excluding hydrogens is 360 g/mol. The van der Waals surface area contributed by atoms with E-state index < -0.39 is 0 Å². The second-order valence-corrected chi connectivity index (χ2v) is 6.65. The van der Waals surface area contributed by atoms with Crippen LogP contribution in [0.5, 0.6) is 0 Å². The van der Waals surface area contributed by atoms with Gasteiger partial charge in [0, 0.05) is 28.5 Å². The summed E-state index contributed by atoms with van der Waals surface area (Å²) in [6, 6.07) is 7.75. The Labute approximate surface area is 143 Å². The Hall–Kier alpha value is -1.82. The number of benzene rings is 1. The zero-order valence-corrected chi connectivity index (χ0v) is 14.6. The Morgan fingerprint density at radius 3 is 2.74 bits per heavy atom. The molecule has 23 heavy (non-hydrogen) atoms. The van der Waals surface area contributed by atoms with E-state index in [1.54, 1.807) is 4.90 Å². The normalized spacial score (nSPS) is 15.8. The molecule has 0 radical (unpaired) electrons. The van der Waals surface area contributed by atoms with E-state index in [0.717, 1.165) is 15.4 Å². The summed E-state index contributed by atoms with van der Waals surface area (Å²) in [6.45, 7) is 3.39. The van der Waals surface area contributed by atoms with Crippen LogP contribution in [0, 0.1) is 5.92 Å². The van der Waals surface area contributed by atoms with Crippen molar-refractivity contribution in [3.05, 3.63) is 34.4 Å².